The second kappa shape index (κ2) is 11.1. The number of hydrogen-bond acceptors (Lipinski definition) is 2. The zero-order valence-corrected chi connectivity index (χ0v) is 13.5. The van der Waals surface area contributed by atoms with Crippen LogP contribution in [0.4, 0.5) is 0 Å². The summed E-state index contributed by atoms with van der Waals surface area (Å²) >= 11 is 0. The van der Waals surface area contributed by atoms with Crippen molar-refractivity contribution in [1.82, 2.24) is 10.6 Å². The lowest BCUT2D eigenvalue weighted by atomic mass is 10.0. The largest absolute Gasteiger partial charge is 0.353 e. The molecule has 0 unspecified atom stereocenters. The Bertz CT molecular complexity index is 241. The summed E-state index contributed by atoms with van der Waals surface area (Å²) in [5.41, 5.74) is 0. The maximum atomic E-state index is 11.6. The van der Waals surface area contributed by atoms with E-state index in [1.54, 1.807) is 0 Å². The highest BCUT2D eigenvalue weighted by atomic mass is 16.1. The molecule has 1 fully saturated rings. The molecular formula is C17H34N2O. The molecule has 0 aromatic rings. The molecule has 1 aliphatic carbocycles. The van der Waals surface area contributed by atoms with E-state index in [1.807, 2.05) is 0 Å². The van der Waals surface area contributed by atoms with E-state index in [9.17, 15) is 4.79 Å². The van der Waals surface area contributed by atoms with Crippen molar-refractivity contribution in [2.24, 2.45) is 0 Å². The van der Waals surface area contributed by atoms with Crippen molar-refractivity contribution in [3.05, 3.63) is 0 Å². The highest BCUT2D eigenvalue weighted by molar-refractivity contribution is 5.76. The van der Waals surface area contributed by atoms with E-state index in [2.05, 4.69) is 24.5 Å². The van der Waals surface area contributed by atoms with Gasteiger partial charge in [0.25, 0.3) is 0 Å². The van der Waals surface area contributed by atoms with Gasteiger partial charge in [0.15, 0.2) is 0 Å². The Balaban J connectivity index is 2.10. The summed E-state index contributed by atoms with van der Waals surface area (Å²) in [4.78, 5) is 11.6. The Hall–Kier alpha value is -0.570. The molecule has 118 valence electrons. The third-order valence-corrected chi connectivity index (χ3v) is 4.04. The molecule has 0 heterocycles. The van der Waals surface area contributed by atoms with Gasteiger partial charge in [0, 0.05) is 25.0 Å². The maximum Gasteiger partial charge on any atom is 0.221 e. The molecule has 1 rings (SSSR count). The number of carbonyl (C=O) groups excluding carboxylic acids is 1. The lowest BCUT2D eigenvalue weighted by molar-refractivity contribution is -0.121. The first-order valence-electron chi connectivity index (χ1n) is 8.79. The minimum atomic E-state index is 0.223. The molecule has 0 aliphatic heterocycles. The Morgan fingerprint density at radius 1 is 1.05 bits per heavy atom. The number of rotatable bonds is 13. The van der Waals surface area contributed by atoms with Crippen LogP contribution < -0.4 is 10.6 Å². The predicted octanol–water partition coefficient (Wildman–Crippen LogP) is 3.77. The fourth-order valence-electron chi connectivity index (χ4n) is 2.55. The molecule has 3 nitrogen and oxygen atoms in total. The number of unbranched alkanes of at least 4 members (excludes halogenated alkanes) is 4. The van der Waals surface area contributed by atoms with Crippen LogP contribution >= 0.6 is 0 Å². The Morgan fingerprint density at radius 3 is 2.15 bits per heavy atom. The molecule has 0 aromatic carbocycles. The Labute approximate surface area is 125 Å². The number of carbonyl (C=O) groups is 1. The summed E-state index contributed by atoms with van der Waals surface area (Å²) < 4.78 is 0. The van der Waals surface area contributed by atoms with E-state index in [1.165, 1.54) is 64.2 Å². The van der Waals surface area contributed by atoms with E-state index in [-0.39, 0.29) is 5.91 Å². The SMILES string of the molecule is CCCCCC(CCCCC)NCCC(=O)NC1CC1. The van der Waals surface area contributed by atoms with Crippen LogP contribution in [-0.4, -0.2) is 24.5 Å². The third kappa shape index (κ3) is 9.35. The van der Waals surface area contributed by atoms with Crippen molar-refractivity contribution in [3.8, 4) is 0 Å². The molecule has 1 aliphatic rings. The van der Waals surface area contributed by atoms with Crippen LogP contribution in [0, 0.1) is 0 Å². The minimum Gasteiger partial charge on any atom is -0.353 e. The van der Waals surface area contributed by atoms with E-state index >= 15 is 0 Å². The fourth-order valence-corrected chi connectivity index (χ4v) is 2.55. The molecule has 0 saturated heterocycles. The van der Waals surface area contributed by atoms with Crippen molar-refractivity contribution < 1.29 is 4.79 Å². The van der Waals surface area contributed by atoms with E-state index in [4.69, 9.17) is 0 Å². The van der Waals surface area contributed by atoms with Crippen LogP contribution in [0.1, 0.15) is 84.5 Å². The first kappa shape index (κ1) is 17.5. The van der Waals surface area contributed by atoms with Crippen LogP contribution in [0.2, 0.25) is 0 Å². The van der Waals surface area contributed by atoms with Gasteiger partial charge in [-0.3, -0.25) is 4.79 Å². The van der Waals surface area contributed by atoms with E-state index in [0.717, 1.165) is 6.54 Å². The topological polar surface area (TPSA) is 41.1 Å². The highest BCUT2D eigenvalue weighted by Crippen LogP contribution is 2.18. The Kier molecular flexibility index (Phi) is 9.73. The summed E-state index contributed by atoms with van der Waals surface area (Å²) in [6, 6.07) is 1.11. The van der Waals surface area contributed by atoms with Gasteiger partial charge in [-0.1, -0.05) is 52.4 Å². The monoisotopic (exact) mass is 282 g/mol. The molecule has 0 bridgehead atoms. The number of amides is 1. The second-order valence-corrected chi connectivity index (χ2v) is 6.23. The van der Waals surface area contributed by atoms with Gasteiger partial charge in [0.2, 0.25) is 5.91 Å². The normalized spacial score (nSPS) is 14.8. The van der Waals surface area contributed by atoms with Gasteiger partial charge in [-0.2, -0.15) is 0 Å². The summed E-state index contributed by atoms with van der Waals surface area (Å²) in [6.45, 7) is 5.34. The quantitative estimate of drug-likeness (QED) is 0.505. The van der Waals surface area contributed by atoms with Crippen LogP contribution in [0.25, 0.3) is 0 Å². The average molecular weight is 282 g/mol. The summed E-state index contributed by atoms with van der Waals surface area (Å²) in [6.07, 6.45) is 13.4. The zero-order valence-electron chi connectivity index (χ0n) is 13.5. The van der Waals surface area contributed by atoms with E-state index < -0.39 is 0 Å². The Morgan fingerprint density at radius 2 is 1.65 bits per heavy atom. The van der Waals surface area contributed by atoms with Crippen LogP contribution in [0.5, 0.6) is 0 Å². The second-order valence-electron chi connectivity index (χ2n) is 6.23. The number of hydrogen-bond donors (Lipinski definition) is 2. The molecule has 20 heavy (non-hydrogen) atoms. The number of nitrogens with one attached hydrogen (secondary N) is 2. The fraction of sp³-hybridized carbons (Fsp3) is 0.941. The molecule has 1 amide bonds. The summed E-state index contributed by atoms with van der Waals surface area (Å²) in [5.74, 6) is 0.223. The summed E-state index contributed by atoms with van der Waals surface area (Å²) in [5, 5.41) is 6.65. The lowest BCUT2D eigenvalue weighted by Gasteiger charge is -2.18. The zero-order chi connectivity index (χ0) is 14.6. The molecular weight excluding hydrogens is 248 g/mol. The first-order valence-corrected chi connectivity index (χ1v) is 8.79. The van der Waals surface area contributed by atoms with Crippen LogP contribution in [0.15, 0.2) is 0 Å². The van der Waals surface area contributed by atoms with Crippen LogP contribution in [-0.2, 0) is 4.79 Å². The van der Waals surface area contributed by atoms with Gasteiger partial charge in [0.1, 0.15) is 0 Å². The third-order valence-electron chi connectivity index (χ3n) is 4.04. The van der Waals surface area contributed by atoms with Crippen molar-refractivity contribution >= 4 is 5.91 Å². The minimum absolute atomic E-state index is 0.223. The molecule has 2 N–H and O–H groups in total. The van der Waals surface area contributed by atoms with Gasteiger partial charge >= 0.3 is 0 Å². The highest BCUT2D eigenvalue weighted by Gasteiger charge is 2.22. The van der Waals surface area contributed by atoms with Gasteiger partial charge in [-0.05, 0) is 25.7 Å². The van der Waals surface area contributed by atoms with Crippen molar-refractivity contribution in [3.63, 3.8) is 0 Å². The van der Waals surface area contributed by atoms with Crippen molar-refractivity contribution in [2.75, 3.05) is 6.54 Å². The smallest absolute Gasteiger partial charge is 0.221 e. The average Bonchev–Trinajstić information content (AvgIpc) is 3.22. The van der Waals surface area contributed by atoms with Crippen LogP contribution in [0.3, 0.4) is 0 Å². The van der Waals surface area contributed by atoms with Crippen molar-refractivity contribution in [1.29, 1.82) is 0 Å². The molecule has 0 atom stereocenters. The molecule has 1 saturated carbocycles. The molecule has 3 heteroatoms. The standard InChI is InChI=1S/C17H34N2O/c1-3-5-7-9-15(10-8-6-4-2)18-14-13-17(20)19-16-11-12-16/h15-16,18H,3-14H2,1-2H3,(H,19,20). The van der Waals surface area contributed by atoms with Gasteiger partial charge in [0.05, 0.1) is 0 Å². The van der Waals surface area contributed by atoms with Gasteiger partial charge < -0.3 is 10.6 Å². The molecule has 0 radical (unpaired) electrons. The molecule has 0 spiro atoms. The lowest BCUT2D eigenvalue weighted by Crippen LogP contribution is -2.34. The predicted molar refractivity (Wildman–Crippen MR) is 85.9 cm³/mol. The van der Waals surface area contributed by atoms with Gasteiger partial charge in [-0.25, -0.2) is 0 Å². The van der Waals surface area contributed by atoms with E-state index in [0.29, 0.717) is 18.5 Å². The first-order chi connectivity index (χ1) is 9.76. The van der Waals surface area contributed by atoms with Crippen molar-refractivity contribution in [2.45, 2.75) is 96.6 Å². The maximum absolute atomic E-state index is 11.6. The summed E-state index contributed by atoms with van der Waals surface area (Å²) in [7, 11) is 0. The molecule has 0 aromatic heterocycles. The van der Waals surface area contributed by atoms with Gasteiger partial charge in [-0.15, -0.1) is 0 Å².